The van der Waals surface area contributed by atoms with E-state index in [1.54, 1.807) is 0 Å². The molecular weight excluding hydrogens is 248 g/mol. The molecule has 5 heteroatoms. The second-order valence-electron chi connectivity index (χ2n) is 5.44. The van der Waals surface area contributed by atoms with Crippen LogP contribution in [-0.2, 0) is 15.6 Å². The number of hydrogen-bond donors (Lipinski definition) is 2. The molecule has 1 amide bonds. The maximum absolute atomic E-state index is 12.3. The van der Waals surface area contributed by atoms with Crippen LogP contribution in [0.4, 0.5) is 0 Å². The molecule has 0 heterocycles. The molecule has 2 aliphatic carbocycles. The third kappa shape index (κ3) is 4.05. The van der Waals surface area contributed by atoms with Crippen molar-refractivity contribution in [2.75, 3.05) is 12.8 Å². The molecule has 0 radical (unpaired) electrons. The predicted molar refractivity (Wildman–Crippen MR) is 73.9 cm³/mol. The molecule has 0 aromatic heterocycles. The molecule has 2 fully saturated rings. The van der Waals surface area contributed by atoms with Gasteiger partial charge in [-0.2, -0.15) is 0 Å². The van der Waals surface area contributed by atoms with E-state index in [1.165, 1.54) is 12.8 Å². The zero-order valence-electron chi connectivity index (χ0n) is 11.1. The van der Waals surface area contributed by atoms with Crippen molar-refractivity contribution in [2.24, 2.45) is 0 Å². The van der Waals surface area contributed by atoms with Crippen molar-refractivity contribution >= 4 is 16.7 Å². The van der Waals surface area contributed by atoms with E-state index in [1.807, 2.05) is 7.05 Å². The summed E-state index contributed by atoms with van der Waals surface area (Å²) >= 11 is 0. The average Bonchev–Trinajstić information content (AvgIpc) is 3.13. The van der Waals surface area contributed by atoms with Gasteiger partial charge in [0.2, 0.25) is 5.91 Å². The van der Waals surface area contributed by atoms with E-state index in [2.05, 4.69) is 10.6 Å². The summed E-state index contributed by atoms with van der Waals surface area (Å²) in [5.41, 5.74) is 0. The minimum Gasteiger partial charge on any atom is -0.353 e. The van der Waals surface area contributed by atoms with Gasteiger partial charge in [0.15, 0.2) is 0 Å². The van der Waals surface area contributed by atoms with Gasteiger partial charge >= 0.3 is 0 Å². The monoisotopic (exact) mass is 272 g/mol. The first kappa shape index (κ1) is 14.0. The summed E-state index contributed by atoms with van der Waals surface area (Å²) in [4.78, 5) is 11.7. The lowest BCUT2D eigenvalue weighted by Crippen LogP contribution is -2.42. The molecule has 3 atom stereocenters. The average molecular weight is 272 g/mol. The summed E-state index contributed by atoms with van der Waals surface area (Å²) in [6.45, 7) is 0. The van der Waals surface area contributed by atoms with Crippen molar-refractivity contribution in [1.82, 2.24) is 10.6 Å². The fourth-order valence-electron chi connectivity index (χ4n) is 2.65. The van der Waals surface area contributed by atoms with Crippen molar-refractivity contribution in [2.45, 2.75) is 62.3 Å². The van der Waals surface area contributed by atoms with Gasteiger partial charge < -0.3 is 10.6 Å². The van der Waals surface area contributed by atoms with Gasteiger partial charge in [0, 0.05) is 22.9 Å². The van der Waals surface area contributed by atoms with Crippen LogP contribution in [0.2, 0.25) is 0 Å². The van der Waals surface area contributed by atoms with Gasteiger partial charge in [-0.25, -0.2) is 0 Å². The highest BCUT2D eigenvalue weighted by Gasteiger charge is 2.30. The van der Waals surface area contributed by atoms with E-state index in [9.17, 15) is 9.00 Å². The van der Waals surface area contributed by atoms with Crippen molar-refractivity contribution in [3.63, 3.8) is 0 Å². The van der Waals surface area contributed by atoms with Crippen molar-refractivity contribution in [3.05, 3.63) is 0 Å². The SMILES string of the molecule is CNC1CCCCCC1S(=O)CC(=O)NC1CC1. The summed E-state index contributed by atoms with van der Waals surface area (Å²) < 4.78 is 12.3. The van der Waals surface area contributed by atoms with Crippen LogP contribution in [0.25, 0.3) is 0 Å². The molecule has 0 bridgehead atoms. The second-order valence-corrected chi connectivity index (χ2v) is 7.09. The van der Waals surface area contributed by atoms with E-state index in [4.69, 9.17) is 0 Å². The summed E-state index contributed by atoms with van der Waals surface area (Å²) in [6, 6.07) is 0.672. The minimum absolute atomic E-state index is 0.0325. The fraction of sp³-hybridized carbons (Fsp3) is 0.923. The molecule has 0 aliphatic heterocycles. The smallest absolute Gasteiger partial charge is 0.232 e. The summed E-state index contributed by atoms with van der Waals surface area (Å²) in [7, 11) is 0.894. The Kier molecular flexibility index (Phi) is 5.18. The Balaban J connectivity index is 1.85. The number of carbonyl (C=O) groups excluding carboxylic acids is 1. The molecule has 2 rings (SSSR count). The van der Waals surface area contributed by atoms with Crippen LogP contribution < -0.4 is 10.6 Å². The quantitative estimate of drug-likeness (QED) is 0.732. The highest BCUT2D eigenvalue weighted by molar-refractivity contribution is 7.86. The van der Waals surface area contributed by atoms with Crippen LogP contribution >= 0.6 is 0 Å². The van der Waals surface area contributed by atoms with Crippen molar-refractivity contribution < 1.29 is 9.00 Å². The first-order valence-electron chi connectivity index (χ1n) is 7.04. The lowest BCUT2D eigenvalue weighted by molar-refractivity contribution is -0.118. The highest BCUT2D eigenvalue weighted by atomic mass is 32.2. The van der Waals surface area contributed by atoms with E-state index < -0.39 is 10.8 Å². The van der Waals surface area contributed by atoms with E-state index in [0.29, 0.717) is 12.1 Å². The van der Waals surface area contributed by atoms with Crippen LogP contribution in [-0.4, -0.2) is 40.3 Å². The lowest BCUT2D eigenvalue weighted by Gasteiger charge is -2.23. The first-order valence-corrected chi connectivity index (χ1v) is 8.42. The van der Waals surface area contributed by atoms with Crippen molar-refractivity contribution in [3.8, 4) is 0 Å². The van der Waals surface area contributed by atoms with Gasteiger partial charge in [0.1, 0.15) is 5.75 Å². The van der Waals surface area contributed by atoms with E-state index in [-0.39, 0.29) is 16.9 Å². The van der Waals surface area contributed by atoms with Crippen LogP contribution in [0.15, 0.2) is 0 Å². The Labute approximate surface area is 112 Å². The molecule has 2 aliphatic rings. The maximum atomic E-state index is 12.3. The van der Waals surface area contributed by atoms with Crippen molar-refractivity contribution in [1.29, 1.82) is 0 Å². The van der Waals surface area contributed by atoms with Crippen LogP contribution in [0.1, 0.15) is 44.9 Å². The Morgan fingerprint density at radius 1 is 1.17 bits per heavy atom. The van der Waals surface area contributed by atoms with Gasteiger partial charge in [-0.1, -0.05) is 19.3 Å². The Bertz CT molecular complexity index is 318. The number of rotatable bonds is 5. The summed E-state index contributed by atoms with van der Waals surface area (Å²) in [5.74, 6) is 0.147. The van der Waals surface area contributed by atoms with Crippen LogP contribution in [0.5, 0.6) is 0 Å². The standard InChI is InChI=1S/C13H24N2O2S/c1-14-11-5-3-2-4-6-12(11)18(17)9-13(16)15-10-7-8-10/h10-12,14H,2-9H2,1H3,(H,15,16). The molecule has 0 spiro atoms. The fourth-order valence-corrected chi connectivity index (χ4v) is 4.28. The molecule has 4 nitrogen and oxygen atoms in total. The molecule has 0 aromatic rings. The molecule has 0 saturated heterocycles. The largest absolute Gasteiger partial charge is 0.353 e. The van der Waals surface area contributed by atoms with Gasteiger partial charge in [0.05, 0.1) is 5.25 Å². The van der Waals surface area contributed by atoms with Gasteiger partial charge in [-0.15, -0.1) is 0 Å². The molecule has 104 valence electrons. The zero-order valence-corrected chi connectivity index (χ0v) is 11.9. The highest BCUT2D eigenvalue weighted by Crippen LogP contribution is 2.23. The number of nitrogens with one attached hydrogen (secondary N) is 2. The molecular formula is C13H24N2O2S. The van der Waals surface area contributed by atoms with Crippen LogP contribution in [0, 0.1) is 0 Å². The molecule has 3 unspecified atom stereocenters. The first-order chi connectivity index (χ1) is 8.70. The second kappa shape index (κ2) is 6.66. The molecule has 2 N–H and O–H groups in total. The summed E-state index contributed by atoms with van der Waals surface area (Å²) in [5, 5.41) is 6.34. The third-order valence-electron chi connectivity index (χ3n) is 3.88. The molecule has 2 saturated carbocycles. The third-order valence-corrected chi connectivity index (χ3v) is 5.66. The topological polar surface area (TPSA) is 58.2 Å². The maximum Gasteiger partial charge on any atom is 0.232 e. The minimum atomic E-state index is -1.04. The number of hydrogen-bond acceptors (Lipinski definition) is 3. The van der Waals surface area contributed by atoms with Gasteiger partial charge in [0.25, 0.3) is 0 Å². The lowest BCUT2D eigenvalue weighted by atomic mass is 10.1. The zero-order chi connectivity index (χ0) is 13.0. The normalized spacial score (nSPS) is 30.5. The number of carbonyl (C=O) groups is 1. The molecule has 0 aromatic carbocycles. The number of amides is 1. The van der Waals surface area contributed by atoms with Gasteiger partial charge in [-0.3, -0.25) is 9.00 Å². The Hall–Kier alpha value is -0.420. The Morgan fingerprint density at radius 2 is 1.89 bits per heavy atom. The predicted octanol–water partition coefficient (Wildman–Crippen LogP) is 0.934. The van der Waals surface area contributed by atoms with Gasteiger partial charge in [-0.05, 0) is 32.7 Å². The Morgan fingerprint density at radius 3 is 2.56 bits per heavy atom. The van der Waals surface area contributed by atoms with Crippen LogP contribution in [0.3, 0.4) is 0 Å². The molecule has 18 heavy (non-hydrogen) atoms. The summed E-state index contributed by atoms with van der Waals surface area (Å²) in [6.07, 6.45) is 7.79. The van der Waals surface area contributed by atoms with E-state index >= 15 is 0 Å². The van der Waals surface area contributed by atoms with E-state index in [0.717, 1.165) is 32.1 Å².